The molecule has 88 valence electrons. The van der Waals surface area contributed by atoms with E-state index in [1.807, 2.05) is 10.6 Å². The van der Waals surface area contributed by atoms with Gasteiger partial charge >= 0.3 is 0 Å². The van der Waals surface area contributed by atoms with Crippen molar-refractivity contribution in [2.75, 3.05) is 0 Å². The fourth-order valence-corrected chi connectivity index (χ4v) is 3.71. The maximum Gasteiger partial charge on any atom is 0.178 e. The Hall–Kier alpha value is -1.16. The van der Waals surface area contributed by atoms with E-state index in [4.69, 9.17) is 11.6 Å². The van der Waals surface area contributed by atoms with Gasteiger partial charge in [-0.25, -0.2) is 0 Å². The zero-order valence-electron chi connectivity index (χ0n) is 9.38. The van der Waals surface area contributed by atoms with Crippen molar-refractivity contribution in [3.63, 3.8) is 0 Å². The number of fused-ring (bicyclic) bond motifs is 3. The van der Waals surface area contributed by atoms with Crippen molar-refractivity contribution in [1.29, 1.82) is 0 Å². The summed E-state index contributed by atoms with van der Waals surface area (Å²) in [4.78, 5) is 0. The Labute approximate surface area is 104 Å². The molecule has 0 amide bonds. The summed E-state index contributed by atoms with van der Waals surface area (Å²) in [6.07, 6.45) is 5.34. The lowest BCUT2D eigenvalue weighted by atomic mass is 9.88. The molecule has 3 unspecified atom stereocenters. The lowest BCUT2D eigenvalue weighted by Crippen LogP contribution is -2.13. The Bertz CT molecular complexity index is 579. The second-order valence-corrected chi connectivity index (χ2v) is 5.65. The Morgan fingerprint density at radius 2 is 2.12 bits per heavy atom. The quantitative estimate of drug-likeness (QED) is 0.779. The highest BCUT2D eigenvalue weighted by atomic mass is 35.5. The smallest absolute Gasteiger partial charge is 0.178 e. The van der Waals surface area contributed by atoms with Crippen molar-refractivity contribution < 1.29 is 0 Å². The third-order valence-electron chi connectivity index (χ3n) is 4.32. The van der Waals surface area contributed by atoms with Gasteiger partial charge in [0, 0.05) is 5.92 Å². The van der Waals surface area contributed by atoms with Gasteiger partial charge in [0.05, 0.1) is 0 Å². The molecular weight excluding hydrogens is 236 g/mol. The molecule has 4 rings (SSSR count). The fourth-order valence-electron chi connectivity index (χ4n) is 3.58. The van der Waals surface area contributed by atoms with Crippen molar-refractivity contribution in [3.8, 4) is 0 Å². The molecule has 0 N–H and O–H groups in total. The predicted molar refractivity (Wildman–Crippen MR) is 64.0 cm³/mol. The van der Waals surface area contributed by atoms with E-state index in [9.17, 15) is 0 Å². The van der Waals surface area contributed by atoms with Crippen LogP contribution in [0.15, 0.2) is 12.1 Å². The molecule has 0 aliphatic heterocycles. The predicted octanol–water partition coefficient (Wildman–Crippen LogP) is 2.68. The van der Waals surface area contributed by atoms with Crippen LogP contribution in [0.5, 0.6) is 0 Å². The molecule has 2 aromatic heterocycles. The number of hydrogen-bond donors (Lipinski definition) is 0. The SMILES string of the molecule is Clc1ccc2nnc(C3CC4CCC3C4)n2n1. The van der Waals surface area contributed by atoms with Crippen molar-refractivity contribution in [2.45, 2.75) is 31.6 Å². The van der Waals surface area contributed by atoms with Gasteiger partial charge in [-0.1, -0.05) is 18.0 Å². The van der Waals surface area contributed by atoms with Crippen molar-refractivity contribution in [3.05, 3.63) is 23.1 Å². The summed E-state index contributed by atoms with van der Waals surface area (Å²) in [5.41, 5.74) is 0.798. The molecule has 0 radical (unpaired) electrons. The third-order valence-corrected chi connectivity index (χ3v) is 4.53. The van der Waals surface area contributed by atoms with Crippen LogP contribution in [-0.2, 0) is 0 Å². The van der Waals surface area contributed by atoms with Crippen LogP contribution < -0.4 is 0 Å². The molecule has 2 aromatic rings. The summed E-state index contributed by atoms with van der Waals surface area (Å²) in [5.74, 6) is 3.23. The topological polar surface area (TPSA) is 43.1 Å². The molecule has 0 spiro atoms. The molecule has 3 atom stereocenters. The Kier molecular flexibility index (Phi) is 1.98. The number of hydrogen-bond acceptors (Lipinski definition) is 3. The summed E-state index contributed by atoms with van der Waals surface area (Å²) >= 11 is 5.95. The Morgan fingerprint density at radius 3 is 2.88 bits per heavy atom. The van der Waals surface area contributed by atoms with Crippen molar-refractivity contribution in [2.24, 2.45) is 11.8 Å². The van der Waals surface area contributed by atoms with Crippen LogP contribution in [0.2, 0.25) is 5.15 Å². The summed E-state index contributed by atoms with van der Waals surface area (Å²) < 4.78 is 1.83. The van der Waals surface area contributed by atoms with Crippen molar-refractivity contribution >= 4 is 17.2 Å². The first-order valence-electron chi connectivity index (χ1n) is 6.19. The minimum Gasteiger partial charge on any atom is -0.196 e. The number of nitrogens with zero attached hydrogens (tertiary/aromatic N) is 4. The molecule has 0 aromatic carbocycles. The molecule has 2 aliphatic rings. The van der Waals surface area contributed by atoms with Gasteiger partial charge in [0.25, 0.3) is 0 Å². The standard InChI is InChI=1S/C12H13ClN4/c13-10-3-4-11-14-15-12(17(11)16-10)9-6-7-1-2-8(9)5-7/h3-4,7-9H,1-2,5-6H2. The average molecular weight is 249 g/mol. The third kappa shape index (κ3) is 1.40. The Balaban J connectivity index is 1.83. The van der Waals surface area contributed by atoms with E-state index in [2.05, 4.69) is 15.3 Å². The largest absolute Gasteiger partial charge is 0.196 e. The second kappa shape index (κ2) is 3.42. The van der Waals surface area contributed by atoms with Crippen LogP contribution in [0.4, 0.5) is 0 Å². The first kappa shape index (κ1) is 9.83. The molecule has 5 heteroatoms. The molecule has 2 aliphatic carbocycles. The molecule has 2 fully saturated rings. The van der Waals surface area contributed by atoms with E-state index in [0.29, 0.717) is 11.1 Å². The van der Waals surface area contributed by atoms with E-state index >= 15 is 0 Å². The monoisotopic (exact) mass is 248 g/mol. The number of rotatable bonds is 1. The van der Waals surface area contributed by atoms with Crippen LogP contribution in [0.3, 0.4) is 0 Å². The molecule has 17 heavy (non-hydrogen) atoms. The van der Waals surface area contributed by atoms with E-state index in [0.717, 1.165) is 23.3 Å². The molecule has 4 nitrogen and oxygen atoms in total. The first-order valence-corrected chi connectivity index (χ1v) is 6.57. The maximum atomic E-state index is 5.95. The number of halogens is 1. The zero-order chi connectivity index (χ0) is 11.4. The first-order chi connectivity index (χ1) is 8.31. The highest BCUT2D eigenvalue weighted by Crippen LogP contribution is 2.52. The highest BCUT2D eigenvalue weighted by Gasteiger charge is 2.42. The van der Waals surface area contributed by atoms with Crippen LogP contribution in [0.1, 0.15) is 37.4 Å². The Morgan fingerprint density at radius 1 is 1.18 bits per heavy atom. The molecule has 2 saturated carbocycles. The average Bonchev–Trinajstić information content (AvgIpc) is 3.01. The lowest BCUT2D eigenvalue weighted by Gasteiger charge is -2.19. The minimum atomic E-state index is 0.502. The molecule has 2 bridgehead atoms. The van der Waals surface area contributed by atoms with Crippen LogP contribution in [-0.4, -0.2) is 19.8 Å². The minimum absolute atomic E-state index is 0.502. The number of aromatic nitrogens is 4. The van der Waals surface area contributed by atoms with Gasteiger partial charge in [-0.15, -0.1) is 10.2 Å². The summed E-state index contributed by atoms with van der Waals surface area (Å²) in [5, 5.41) is 13.3. The molecular formula is C12H13ClN4. The second-order valence-electron chi connectivity index (χ2n) is 5.27. The fraction of sp³-hybridized carbons (Fsp3) is 0.583. The summed E-state index contributed by atoms with van der Waals surface area (Å²) in [6.45, 7) is 0. The van der Waals surface area contributed by atoms with E-state index < -0.39 is 0 Å². The van der Waals surface area contributed by atoms with Gasteiger partial charge in [-0.3, -0.25) is 0 Å². The highest BCUT2D eigenvalue weighted by molar-refractivity contribution is 6.29. The summed E-state index contributed by atoms with van der Waals surface area (Å²) in [6, 6.07) is 3.63. The van der Waals surface area contributed by atoms with Gasteiger partial charge in [-0.2, -0.15) is 9.61 Å². The molecule has 0 saturated heterocycles. The van der Waals surface area contributed by atoms with Gasteiger partial charge in [0.1, 0.15) is 5.15 Å². The van der Waals surface area contributed by atoms with E-state index in [-0.39, 0.29) is 0 Å². The van der Waals surface area contributed by atoms with Crippen LogP contribution in [0.25, 0.3) is 5.65 Å². The zero-order valence-corrected chi connectivity index (χ0v) is 10.1. The van der Waals surface area contributed by atoms with E-state index in [1.165, 1.54) is 25.7 Å². The van der Waals surface area contributed by atoms with Crippen molar-refractivity contribution in [1.82, 2.24) is 19.8 Å². The normalized spacial score (nSPS) is 31.5. The van der Waals surface area contributed by atoms with Gasteiger partial charge < -0.3 is 0 Å². The van der Waals surface area contributed by atoms with Gasteiger partial charge in [0.15, 0.2) is 11.5 Å². The summed E-state index contributed by atoms with van der Waals surface area (Å²) in [7, 11) is 0. The molecule has 2 heterocycles. The van der Waals surface area contributed by atoms with Gasteiger partial charge in [-0.05, 0) is 43.2 Å². The van der Waals surface area contributed by atoms with Crippen LogP contribution >= 0.6 is 11.6 Å². The van der Waals surface area contributed by atoms with E-state index in [1.54, 1.807) is 6.07 Å². The van der Waals surface area contributed by atoms with Crippen LogP contribution in [0, 0.1) is 11.8 Å². The van der Waals surface area contributed by atoms with Gasteiger partial charge in [0.2, 0.25) is 0 Å². The maximum absolute atomic E-state index is 5.95. The lowest BCUT2D eigenvalue weighted by molar-refractivity contribution is 0.400.